The van der Waals surface area contributed by atoms with Gasteiger partial charge in [0.2, 0.25) is 5.91 Å². The molecule has 0 aromatic heterocycles. The second-order valence-electron chi connectivity index (χ2n) is 4.07. The maximum atomic E-state index is 11.5. The molecule has 0 spiro atoms. The molecule has 7 heteroatoms. The summed E-state index contributed by atoms with van der Waals surface area (Å²) in [6.45, 7) is 4.56. The third kappa shape index (κ3) is 4.96. The molecule has 0 radical (unpaired) electrons. The summed E-state index contributed by atoms with van der Waals surface area (Å²) in [6, 6.07) is 4.36. The zero-order chi connectivity index (χ0) is 14.4. The quantitative estimate of drug-likeness (QED) is 0.617. The average Bonchev–Trinajstić information content (AvgIpc) is 2.35. The number of hydrogen-bond donors (Lipinski definition) is 2. The SMILES string of the molecule is CCNC(=O)C(C)NCc1cc(Br)cc([N+](=O)[O-])c1. The second-order valence-corrected chi connectivity index (χ2v) is 4.99. The lowest BCUT2D eigenvalue weighted by molar-refractivity contribution is -0.385. The minimum Gasteiger partial charge on any atom is -0.355 e. The number of nitro benzene ring substituents is 1. The van der Waals surface area contributed by atoms with Gasteiger partial charge in [-0.2, -0.15) is 0 Å². The van der Waals surface area contributed by atoms with Crippen LogP contribution in [0.15, 0.2) is 22.7 Å². The molecule has 1 amide bonds. The molecule has 1 aromatic carbocycles. The van der Waals surface area contributed by atoms with Crippen LogP contribution in [-0.4, -0.2) is 23.4 Å². The Morgan fingerprint density at radius 1 is 1.47 bits per heavy atom. The van der Waals surface area contributed by atoms with Crippen molar-refractivity contribution in [3.05, 3.63) is 38.3 Å². The van der Waals surface area contributed by atoms with E-state index in [9.17, 15) is 14.9 Å². The Balaban J connectivity index is 2.67. The number of amides is 1. The van der Waals surface area contributed by atoms with Gasteiger partial charge >= 0.3 is 0 Å². The molecular formula is C12H16BrN3O3. The summed E-state index contributed by atoms with van der Waals surface area (Å²) in [5.41, 5.74) is 0.772. The molecule has 0 fully saturated rings. The summed E-state index contributed by atoms with van der Waals surface area (Å²) in [5.74, 6) is -0.0907. The van der Waals surface area contributed by atoms with Crippen molar-refractivity contribution >= 4 is 27.5 Å². The molecular weight excluding hydrogens is 314 g/mol. The second kappa shape index (κ2) is 7.20. The maximum Gasteiger partial charge on any atom is 0.270 e. The molecule has 104 valence electrons. The number of hydrogen-bond acceptors (Lipinski definition) is 4. The monoisotopic (exact) mass is 329 g/mol. The van der Waals surface area contributed by atoms with Crippen molar-refractivity contribution in [1.82, 2.24) is 10.6 Å². The van der Waals surface area contributed by atoms with Crippen molar-refractivity contribution in [2.75, 3.05) is 6.54 Å². The molecule has 19 heavy (non-hydrogen) atoms. The maximum absolute atomic E-state index is 11.5. The van der Waals surface area contributed by atoms with Gasteiger partial charge in [0.15, 0.2) is 0 Å². The predicted octanol–water partition coefficient (Wildman–Crippen LogP) is 1.97. The average molecular weight is 330 g/mol. The number of nitro groups is 1. The highest BCUT2D eigenvalue weighted by Crippen LogP contribution is 2.21. The van der Waals surface area contributed by atoms with Crippen LogP contribution in [-0.2, 0) is 11.3 Å². The van der Waals surface area contributed by atoms with Crippen LogP contribution in [0, 0.1) is 10.1 Å². The molecule has 0 aliphatic carbocycles. The van der Waals surface area contributed by atoms with Gasteiger partial charge in [-0.1, -0.05) is 15.9 Å². The highest BCUT2D eigenvalue weighted by Gasteiger charge is 2.12. The molecule has 0 saturated carbocycles. The normalized spacial score (nSPS) is 11.9. The number of rotatable bonds is 6. The van der Waals surface area contributed by atoms with Gasteiger partial charge in [0.05, 0.1) is 11.0 Å². The molecule has 0 heterocycles. The van der Waals surface area contributed by atoms with E-state index in [0.29, 0.717) is 17.6 Å². The Hall–Kier alpha value is -1.47. The van der Waals surface area contributed by atoms with Crippen LogP contribution in [0.3, 0.4) is 0 Å². The van der Waals surface area contributed by atoms with Crippen LogP contribution < -0.4 is 10.6 Å². The van der Waals surface area contributed by atoms with E-state index in [-0.39, 0.29) is 17.6 Å². The van der Waals surface area contributed by atoms with Gasteiger partial charge in [-0.3, -0.25) is 14.9 Å². The molecule has 0 saturated heterocycles. The van der Waals surface area contributed by atoms with Gasteiger partial charge in [0.25, 0.3) is 5.69 Å². The number of carbonyl (C=O) groups is 1. The first-order valence-corrected chi connectivity index (χ1v) is 6.68. The number of benzene rings is 1. The third-order valence-corrected chi connectivity index (χ3v) is 2.97. The molecule has 0 aliphatic rings. The van der Waals surface area contributed by atoms with Crippen LogP contribution >= 0.6 is 15.9 Å². The van der Waals surface area contributed by atoms with E-state index in [1.165, 1.54) is 12.1 Å². The fourth-order valence-corrected chi connectivity index (χ4v) is 2.06. The Labute approximate surface area is 119 Å². The van der Waals surface area contributed by atoms with Gasteiger partial charge < -0.3 is 10.6 Å². The van der Waals surface area contributed by atoms with Crippen LogP contribution in [0.25, 0.3) is 0 Å². The first-order chi connectivity index (χ1) is 8.93. The van der Waals surface area contributed by atoms with E-state index in [4.69, 9.17) is 0 Å². The van der Waals surface area contributed by atoms with Crippen molar-refractivity contribution < 1.29 is 9.72 Å². The molecule has 1 atom stereocenters. The molecule has 1 unspecified atom stereocenters. The van der Waals surface area contributed by atoms with E-state index < -0.39 is 4.92 Å². The van der Waals surface area contributed by atoms with Crippen LogP contribution in [0.4, 0.5) is 5.69 Å². The first kappa shape index (κ1) is 15.6. The van der Waals surface area contributed by atoms with E-state index in [2.05, 4.69) is 26.6 Å². The number of likely N-dealkylation sites (N-methyl/N-ethyl adjacent to an activating group) is 1. The van der Waals surface area contributed by atoms with Crippen LogP contribution in [0.1, 0.15) is 19.4 Å². The summed E-state index contributed by atoms with van der Waals surface area (Å²) in [4.78, 5) is 21.8. The van der Waals surface area contributed by atoms with Gasteiger partial charge in [-0.05, 0) is 25.5 Å². The highest BCUT2D eigenvalue weighted by atomic mass is 79.9. The summed E-state index contributed by atoms with van der Waals surface area (Å²) in [6.07, 6.45) is 0. The number of carbonyl (C=O) groups excluding carboxylic acids is 1. The largest absolute Gasteiger partial charge is 0.355 e. The molecule has 6 nitrogen and oxygen atoms in total. The summed E-state index contributed by atoms with van der Waals surface area (Å²) in [5, 5.41) is 16.5. The van der Waals surface area contributed by atoms with E-state index in [0.717, 1.165) is 5.56 Å². The molecule has 2 N–H and O–H groups in total. The lowest BCUT2D eigenvalue weighted by atomic mass is 10.2. The van der Waals surface area contributed by atoms with Crippen LogP contribution in [0.2, 0.25) is 0 Å². The van der Waals surface area contributed by atoms with E-state index >= 15 is 0 Å². The summed E-state index contributed by atoms with van der Waals surface area (Å²) in [7, 11) is 0. The predicted molar refractivity (Wildman–Crippen MR) is 75.8 cm³/mol. The van der Waals surface area contributed by atoms with Crippen molar-refractivity contribution in [2.24, 2.45) is 0 Å². The molecule has 0 bridgehead atoms. The van der Waals surface area contributed by atoms with Crippen LogP contribution in [0.5, 0.6) is 0 Å². The topological polar surface area (TPSA) is 84.3 Å². The standard InChI is InChI=1S/C12H16BrN3O3/c1-3-14-12(17)8(2)15-7-9-4-10(13)6-11(5-9)16(18)19/h4-6,8,15H,3,7H2,1-2H3,(H,14,17). The number of nitrogens with zero attached hydrogens (tertiary/aromatic N) is 1. The fourth-order valence-electron chi connectivity index (χ4n) is 1.53. The molecule has 1 aromatic rings. The van der Waals surface area contributed by atoms with Crippen molar-refractivity contribution in [3.8, 4) is 0 Å². The van der Waals surface area contributed by atoms with Gasteiger partial charge in [-0.15, -0.1) is 0 Å². The van der Waals surface area contributed by atoms with Gasteiger partial charge in [-0.25, -0.2) is 0 Å². The lowest BCUT2D eigenvalue weighted by Crippen LogP contribution is -2.41. The highest BCUT2D eigenvalue weighted by molar-refractivity contribution is 9.10. The number of non-ortho nitro benzene ring substituents is 1. The Morgan fingerprint density at radius 2 is 2.16 bits per heavy atom. The Morgan fingerprint density at radius 3 is 2.74 bits per heavy atom. The number of halogens is 1. The first-order valence-electron chi connectivity index (χ1n) is 5.89. The Bertz CT molecular complexity index is 479. The van der Waals surface area contributed by atoms with Crippen molar-refractivity contribution in [2.45, 2.75) is 26.4 Å². The smallest absolute Gasteiger partial charge is 0.270 e. The van der Waals surface area contributed by atoms with E-state index in [1.807, 2.05) is 6.92 Å². The summed E-state index contributed by atoms with van der Waals surface area (Å²) >= 11 is 3.23. The zero-order valence-corrected chi connectivity index (χ0v) is 12.4. The minimum absolute atomic E-state index is 0.0248. The lowest BCUT2D eigenvalue weighted by Gasteiger charge is -2.13. The zero-order valence-electron chi connectivity index (χ0n) is 10.8. The van der Waals surface area contributed by atoms with E-state index in [1.54, 1.807) is 13.0 Å². The van der Waals surface area contributed by atoms with Crippen molar-refractivity contribution in [1.29, 1.82) is 0 Å². The van der Waals surface area contributed by atoms with Gasteiger partial charge in [0.1, 0.15) is 0 Å². The molecule has 1 rings (SSSR count). The Kier molecular flexibility index (Phi) is 5.91. The van der Waals surface area contributed by atoms with Gasteiger partial charge in [0, 0.05) is 29.7 Å². The number of nitrogens with one attached hydrogen (secondary N) is 2. The van der Waals surface area contributed by atoms with Crippen molar-refractivity contribution in [3.63, 3.8) is 0 Å². The molecule has 0 aliphatic heterocycles. The minimum atomic E-state index is -0.443. The third-order valence-electron chi connectivity index (χ3n) is 2.51. The summed E-state index contributed by atoms with van der Waals surface area (Å²) < 4.78 is 0.643. The fraction of sp³-hybridized carbons (Fsp3) is 0.417.